The molecule has 100 valence electrons. The highest BCUT2D eigenvalue weighted by atomic mass is 32.2. The summed E-state index contributed by atoms with van der Waals surface area (Å²) >= 11 is 0. The molecule has 0 radical (unpaired) electrons. The second-order valence-electron chi connectivity index (χ2n) is 4.27. The lowest BCUT2D eigenvalue weighted by Gasteiger charge is -2.26. The molecule has 0 bridgehead atoms. The summed E-state index contributed by atoms with van der Waals surface area (Å²) in [5.41, 5.74) is 0.930. The lowest BCUT2D eigenvalue weighted by atomic mass is 10.2. The van der Waals surface area contributed by atoms with Crippen molar-refractivity contribution >= 4 is 15.9 Å². The summed E-state index contributed by atoms with van der Waals surface area (Å²) in [6.07, 6.45) is 0. The normalized spacial score (nSPS) is 17.7. The Bertz CT molecular complexity index is 507. The lowest BCUT2D eigenvalue weighted by Crippen LogP contribution is -2.48. The average molecular weight is 273 g/mol. The molecule has 1 aliphatic heterocycles. The Morgan fingerprint density at radius 2 is 1.94 bits per heavy atom. The molecule has 7 heteroatoms. The van der Waals surface area contributed by atoms with Crippen LogP contribution in [0.5, 0.6) is 0 Å². The first-order valence-electron chi connectivity index (χ1n) is 5.73. The summed E-state index contributed by atoms with van der Waals surface area (Å²) < 4.78 is 41.0. The highest BCUT2D eigenvalue weighted by Gasteiger charge is 2.23. The van der Waals surface area contributed by atoms with Crippen molar-refractivity contribution in [1.82, 2.24) is 9.62 Å². The van der Waals surface area contributed by atoms with Crippen LogP contribution >= 0.6 is 0 Å². The lowest BCUT2D eigenvalue weighted by molar-refractivity contribution is 0.362. The first kappa shape index (κ1) is 13.3. The van der Waals surface area contributed by atoms with Crippen molar-refractivity contribution in [3.8, 4) is 0 Å². The van der Waals surface area contributed by atoms with Gasteiger partial charge in [-0.1, -0.05) is 0 Å². The van der Waals surface area contributed by atoms with Crippen LogP contribution in [0.25, 0.3) is 0 Å². The van der Waals surface area contributed by atoms with E-state index in [0.29, 0.717) is 31.7 Å². The SMILES string of the molecule is Cc1cc(F)cc(NS(=O)(=O)N2CCNCC2)c1. The van der Waals surface area contributed by atoms with Crippen LogP contribution in [-0.4, -0.2) is 38.9 Å². The Kier molecular flexibility index (Phi) is 3.84. The molecule has 0 amide bonds. The molecule has 0 atom stereocenters. The van der Waals surface area contributed by atoms with Crippen LogP contribution in [0.1, 0.15) is 5.56 Å². The minimum atomic E-state index is -3.59. The molecular formula is C11H16FN3O2S. The van der Waals surface area contributed by atoms with Gasteiger partial charge in [-0.3, -0.25) is 4.72 Å². The van der Waals surface area contributed by atoms with Crippen molar-refractivity contribution in [2.75, 3.05) is 30.9 Å². The third-order valence-corrected chi connectivity index (χ3v) is 4.24. The van der Waals surface area contributed by atoms with Crippen molar-refractivity contribution in [3.05, 3.63) is 29.6 Å². The molecule has 18 heavy (non-hydrogen) atoms. The van der Waals surface area contributed by atoms with Gasteiger partial charge in [0.15, 0.2) is 0 Å². The van der Waals surface area contributed by atoms with Crippen LogP contribution in [0.4, 0.5) is 10.1 Å². The van der Waals surface area contributed by atoms with Gasteiger partial charge in [0.25, 0.3) is 0 Å². The molecule has 1 aromatic rings. The van der Waals surface area contributed by atoms with Gasteiger partial charge in [0.1, 0.15) is 5.82 Å². The molecule has 5 nitrogen and oxygen atoms in total. The van der Waals surface area contributed by atoms with Crippen LogP contribution in [0.3, 0.4) is 0 Å². The van der Waals surface area contributed by atoms with Gasteiger partial charge in [-0.05, 0) is 30.7 Å². The van der Waals surface area contributed by atoms with Gasteiger partial charge in [-0.25, -0.2) is 4.39 Å². The Morgan fingerprint density at radius 1 is 1.28 bits per heavy atom. The summed E-state index contributed by atoms with van der Waals surface area (Å²) in [5.74, 6) is -0.451. The van der Waals surface area contributed by atoms with Gasteiger partial charge >= 0.3 is 10.2 Å². The Balaban J connectivity index is 2.16. The first-order chi connectivity index (χ1) is 8.47. The number of halogens is 1. The van der Waals surface area contributed by atoms with E-state index in [0.717, 1.165) is 0 Å². The minimum absolute atomic E-state index is 0.256. The minimum Gasteiger partial charge on any atom is -0.314 e. The van der Waals surface area contributed by atoms with Crippen LogP contribution in [-0.2, 0) is 10.2 Å². The highest BCUT2D eigenvalue weighted by Crippen LogP contribution is 2.16. The van der Waals surface area contributed by atoms with Crippen molar-refractivity contribution in [2.45, 2.75) is 6.92 Å². The van der Waals surface area contributed by atoms with Gasteiger partial charge in [-0.15, -0.1) is 0 Å². The van der Waals surface area contributed by atoms with E-state index in [1.165, 1.54) is 16.4 Å². The predicted octanol–water partition coefficient (Wildman–Crippen LogP) is 0.696. The van der Waals surface area contributed by atoms with Gasteiger partial charge in [0, 0.05) is 26.2 Å². The Hall–Kier alpha value is -1.18. The van der Waals surface area contributed by atoms with E-state index < -0.39 is 16.0 Å². The van der Waals surface area contributed by atoms with Gasteiger partial charge in [0.2, 0.25) is 0 Å². The number of anilines is 1. The molecule has 0 aromatic heterocycles. The average Bonchev–Trinajstić information content (AvgIpc) is 2.28. The van der Waals surface area contributed by atoms with Gasteiger partial charge in [0.05, 0.1) is 5.69 Å². The van der Waals surface area contributed by atoms with E-state index in [-0.39, 0.29) is 5.69 Å². The van der Waals surface area contributed by atoms with Crippen LogP contribution in [0.2, 0.25) is 0 Å². The maximum absolute atomic E-state index is 13.2. The molecule has 0 saturated carbocycles. The van der Waals surface area contributed by atoms with Crippen LogP contribution in [0, 0.1) is 12.7 Å². The van der Waals surface area contributed by atoms with E-state index in [4.69, 9.17) is 0 Å². The summed E-state index contributed by atoms with van der Waals surface area (Å²) in [4.78, 5) is 0. The standard InChI is InChI=1S/C11H16FN3O2S/c1-9-6-10(12)8-11(7-9)14-18(16,17)15-4-2-13-3-5-15/h6-8,13-14H,2-5H2,1H3. The Labute approximate surface area is 106 Å². The van der Waals surface area contributed by atoms with Crippen LogP contribution < -0.4 is 10.0 Å². The summed E-state index contributed by atoms with van der Waals surface area (Å²) in [5, 5.41) is 3.08. The Morgan fingerprint density at radius 3 is 2.56 bits per heavy atom. The molecule has 0 aliphatic carbocycles. The topological polar surface area (TPSA) is 61.4 Å². The number of rotatable bonds is 3. The zero-order valence-corrected chi connectivity index (χ0v) is 10.9. The van der Waals surface area contributed by atoms with Crippen molar-refractivity contribution in [1.29, 1.82) is 0 Å². The summed E-state index contributed by atoms with van der Waals surface area (Å²) in [6, 6.07) is 4.12. The van der Waals surface area contributed by atoms with Crippen molar-refractivity contribution in [2.24, 2.45) is 0 Å². The number of nitrogens with one attached hydrogen (secondary N) is 2. The number of benzene rings is 1. The second-order valence-corrected chi connectivity index (χ2v) is 5.94. The molecule has 1 aliphatic rings. The molecule has 1 fully saturated rings. The fraction of sp³-hybridized carbons (Fsp3) is 0.455. The van der Waals surface area contributed by atoms with E-state index in [1.54, 1.807) is 13.0 Å². The van der Waals surface area contributed by atoms with Crippen molar-refractivity contribution < 1.29 is 12.8 Å². The maximum atomic E-state index is 13.2. The van der Waals surface area contributed by atoms with Gasteiger partial charge in [-0.2, -0.15) is 12.7 Å². The van der Waals surface area contributed by atoms with E-state index in [1.807, 2.05) is 0 Å². The highest BCUT2D eigenvalue weighted by molar-refractivity contribution is 7.90. The van der Waals surface area contributed by atoms with Crippen molar-refractivity contribution in [3.63, 3.8) is 0 Å². The molecule has 1 aromatic carbocycles. The van der Waals surface area contributed by atoms with E-state index >= 15 is 0 Å². The third kappa shape index (κ3) is 3.18. The zero-order valence-electron chi connectivity index (χ0n) is 10.1. The molecule has 2 rings (SSSR count). The number of hydrogen-bond acceptors (Lipinski definition) is 3. The monoisotopic (exact) mass is 273 g/mol. The summed E-state index contributed by atoms with van der Waals surface area (Å²) in [6.45, 7) is 3.81. The molecule has 0 spiro atoms. The maximum Gasteiger partial charge on any atom is 0.301 e. The number of hydrogen-bond donors (Lipinski definition) is 2. The third-order valence-electron chi connectivity index (χ3n) is 2.70. The van der Waals surface area contributed by atoms with E-state index in [9.17, 15) is 12.8 Å². The van der Waals surface area contributed by atoms with E-state index in [2.05, 4.69) is 10.0 Å². The molecule has 2 N–H and O–H groups in total. The van der Waals surface area contributed by atoms with Gasteiger partial charge < -0.3 is 5.32 Å². The fourth-order valence-electron chi connectivity index (χ4n) is 1.89. The zero-order chi connectivity index (χ0) is 13.2. The number of piperazine rings is 1. The molecule has 0 unspecified atom stereocenters. The fourth-order valence-corrected chi connectivity index (χ4v) is 3.10. The first-order valence-corrected chi connectivity index (χ1v) is 7.17. The largest absolute Gasteiger partial charge is 0.314 e. The quantitative estimate of drug-likeness (QED) is 0.852. The number of aryl methyl sites for hydroxylation is 1. The molecule has 1 saturated heterocycles. The molecule has 1 heterocycles. The smallest absolute Gasteiger partial charge is 0.301 e. The number of nitrogens with zero attached hydrogens (tertiary/aromatic N) is 1. The molecular weight excluding hydrogens is 257 g/mol. The van der Waals surface area contributed by atoms with Crippen LogP contribution in [0.15, 0.2) is 18.2 Å². The summed E-state index contributed by atoms with van der Waals surface area (Å²) in [7, 11) is -3.59. The second kappa shape index (κ2) is 5.21. The predicted molar refractivity (Wildman–Crippen MR) is 68.1 cm³/mol.